The molecule has 1 aliphatic heterocycles. The second-order valence-corrected chi connectivity index (χ2v) is 7.26. The third kappa shape index (κ3) is 3.97. The van der Waals surface area contributed by atoms with E-state index in [0.29, 0.717) is 17.1 Å². The average molecular weight is 365 g/mol. The molecule has 2 aromatic rings. The highest BCUT2D eigenvalue weighted by atomic mass is 32.1. The lowest BCUT2D eigenvalue weighted by molar-refractivity contribution is 0.0643. The summed E-state index contributed by atoms with van der Waals surface area (Å²) in [5.74, 6) is 0.000123. The fraction of sp³-hybridized carbons (Fsp3) is 0.467. The second kappa shape index (κ2) is 7.82. The molecule has 0 unspecified atom stereocenters. The molecule has 0 bridgehead atoms. The monoisotopic (exact) mass is 365 g/mol. The summed E-state index contributed by atoms with van der Waals surface area (Å²) in [6, 6.07) is 3.77. The zero-order valence-electron chi connectivity index (χ0n) is 13.4. The molecule has 7 nitrogen and oxygen atoms in total. The van der Waals surface area contributed by atoms with Crippen molar-refractivity contribution in [3.8, 4) is 0 Å². The number of nitrogens with one attached hydrogen (secondary N) is 1. The number of hydrogen-bond donors (Lipinski definition) is 1. The van der Waals surface area contributed by atoms with Crippen LogP contribution in [0.25, 0.3) is 0 Å². The van der Waals surface area contributed by atoms with Gasteiger partial charge in [0.15, 0.2) is 0 Å². The van der Waals surface area contributed by atoms with Gasteiger partial charge in [0.1, 0.15) is 4.88 Å². The van der Waals surface area contributed by atoms with Crippen molar-refractivity contribution in [3.63, 3.8) is 0 Å². The number of carbonyl (C=O) groups is 2. The fourth-order valence-electron chi connectivity index (χ4n) is 2.58. The van der Waals surface area contributed by atoms with Gasteiger partial charge in [0.05, 0.1) is 10.6 Å². The lowest BCUT2D eigenvalue weighted by atomic mass is 10.3. The molecular weight excluding hydrogens is 346 g/mol. The molecule has 9 heteroatoms. The highest BCUT2D eigenvalue weighted by molar-refractivity contribution is 7.12. The van der Waals surface area contributed by atoms with Gasteiger partial charge < -0.3 is 10.2 Å². The van der Waals surface area contributed by atoms with Crippen molar-refractivity contribution in [3.05, 3.63) is 33.0 Å². The summed E-state index contributed by atoms with van der Waals surface area (Å²) in [6.45, 7) is 6.24. The Hall–Kier alpha value is -1.84. The van der Waals surface area contributed by atoms with Crippen LogP contribution in [-0.2, 0) is 0 Å². The summed E-state index contributed by atoms with van der Waals surface area (Å²) in [7, 11) is 0. The molecule has 0 radical (unpaired) electrons. The smallest absolute Gasteiger partial charge is 0.264 e. The van der Waals surface area contributed by atoms with Gasteiger partial charge in [-0.2, -0.15) is 0 Å². The Bertz CT molecular complexity index is 693. The maximum Gasteiger partial charge on any atom is 0.264 e. The van der Waals surface area contributed by atoms with Crippen LogP contribution in [0.15, 0.2) is 17.5 Å². The second-order valence-electron chi connectivity index (χ2n) is 5.55. The minimum absolute atomic E-state index is 0.117. The number of hydrogen-bond acceptors (Lipinski definition) is 7. The number of aromatic nitrogens is 2. The molecule has 0 atom stereocenters. The van der Waals surface area contributed by atoms with Gasteiger partial charge in [0.25, 0.3) is 11.8 Å². The lowest BCUT2D eigenvalue weighted by Gasteiger charge is -2.34. The maximum atomic E-state index is 12.3. The molecule has 0 aromatic carbocycles. The molecule has 0 spiro atoms. The summed E-state index contributed by atoms with van der Waals surface area (Å²) >= 11 is 2.60. The molecule has 128 valence electrons. The van der Waals surface area contributed by atoms with Gasteiger partial charge in [-0.3, -0.25) is 14.5 Å². The average Bonchev–Trinajstić information content (AvgIpc) is 3.26. The predicted molar refractivity (Wildman–Crippen MR) is 93.6 cm³/mol. The summed E-state index contributed by atoms with van der Waals surface area (Å²) in [5.41, 5.74) is 0.665. The normalized spacial score (nSPS) is 15.5. The first kappa shape index (κ1) is 17.0. The zero-order valence-corrected chi connectivity index (χ0v) is 15.0. The van der Waals surface area contributed by atoms with E-state index < -0.39 is 0 Å². The Labute approximate surface area is 148 Å². The van der Waals surface area contributed by atoms with Crippen molar-refractivity contribution in [2.75, 3.05) is 39.3 Å². The van der Waals surface area contributed by atoms with Crippen molar-refractivity contribution < 1.29 is 9.59 Å². The molecule has 2 aromatic heterocycles. The van der Waals surface area contributed by atoms with E-state index in [1.807, 2.05) is 22.4 Å². The number of carbonyl (C=O) groups excluding carboxylic acids is 2. The van der Waals surface area contributed by atoms with Crippen LogP contribution in [-0.4, -0.2) is 70.5 Å². The molecule has 0 aliphatic carbocycles. The van der Waals surface area contributed by atoms with Gasteiger partial charge in [0.2, 0.25) is 0 Å². The number of aryl methyl sites for hydroxylation is 1. The summed E-state index contributed by atoms with van der Waals surface area (Å²) in [6.07, 6.45) is 0. The van der Waals surface area contributed by atoms with Crippen LogP contribution in [0, 0.1) is 6.92 Å². The van der Waals surface area contributed by atoms with Crippen LogP contribution >= 0.6 is 22.9 Å². The van der Waals surface area contributed by atoms with Crippen LogP contribution in [0.3, 0.4) is 0 Å². The Balaban J connectivity index is 1.39. The maximum absolute atomic E-state index is 12.3. The highest BCUT2D eigenvalue weighted by Gasteiger charge is 2.22. The minimum Gasteiger partial charge on any atom is -0.350 e. The van der Waals surface area contributed by atoms with Gasteiger partial charge in [-0.25, -0.2) is 0 Å². The Morgan fingerprint density at radius 2 is 2.08 bits per heavy atom. The quantitative estimate of drug-likeness (QED) is 0.858. The van der Waals surface area contributed by atoms with Crippen molar-refractivity contribution >= 4 is 34.7 Å². The Morgan fingerprint density at radius 3 is 2.71 bits per heavy atom. The van der Waals surface area contributed by atoms with Gasteiger partial charge in [-0.05, 0) is 29.9 Å². The molecule has 1 aliphatic rings. The SMILES string of the molecule is Cc1nnsc1C(=O)NCCN1CCN(C(=O)c2cccs2)CC1. The Kier molecular flexibility index (Phi) is 5.54. The van der Waals surface area contributed by atoms with Gasteiger partial charge in [-0.15, -0.1) is 16.4 Å². The number of piperazine rings is 1. The number of amides is 2. The zero-order chi connectivity index (χ0) is 16.9. The molecular formula is C15H19N5O2S2. The summed E-state index contributed by atoms with van der Waals surface area (Å²) in [5, 5.41) is 8.67. The summed E-state index contributed by atoms with van der Waals surface area (Å²) < 4.78 is 3.77. The van der Waals surface area contributed by atoms with E-state index in [-0.39, 0.29) is 11.8 Å². The Morgan fingerprint density at radius 1 is 1.29 bits per heavy atom. The van der Waals surface area contributed by atoms with Crippen LogP contribution < -0.4 is 5.32 Å². The number of rotatable bonds is 5. The molecule has 3 heterocycles. The van der Waals surface area contributed by atoms with E-state index in [1.165, 1.54) is 11.3 Å². The van der Waals surface area contributed by atoms with E-state index in [9.17, 15) is 9.59 Å². The third-order valence-corrected chi connectivity index (χ3v) is 5.65. The van der Waals surface area contributed by atoms with Gasteiger partial charge in [0, 0.05) is 39.3 Å². The largest absolute Gasteiger partial charge is 0.350 e. The van der Waals surface area contributed by atoms with Gasteiger partial charge in [-0.1, -0.05) is 10.6 Å². The van der Waals surface area contributed by atoms with E-state index in [0.717, 1.165) is 49.1 Å². The van der Waals surface area contributed by atoms with Gasteiger partial charge >= 0.3 is 0 Å². The first-order chi connectivity index (χ1) is 11.6. The standard InChI is InChI=1S/C15H19N5O2S2/c1-11-13(24-18-17-11)14(21)16-4-5-19-6-8-20(9-7-19)15(22)12-3-2-10-23-12/h2-3,10H,4-9H2,1H3,(H,16,21). The first-order valence-corrected chi connectivity index (χ1v) is 9.43. The lowest BCUT2D eigenvalue weighted by Crippen LogP contribution is -2.50. The van der Waals surface area contributed by atoms with Crippen molar-refractivity contribution in [1.29, 1.82) is 0 Å². The van der Waals surface area contributed by atoms with Crippen molar-refractivity contribution in [2.24, 2.45) is 0 Å². The molecule has 3 rings (SSSR count). The molecule has 1 N–H and O–H groups in total. The number of thiophene rings is 1. The van der Waals surface area contributed by atoms with Crippen molar-refractivity contribution in [1.82, 2.24) is 24.7 Å². The predicted octanol–water partition coefficient (Wildman–Crippen LogP) is 1.10. The van der Waals surface area contributed by atoms with Crippen molar-refractivity contribution in [2.45, 2.75) is 6.92 Å². The number of nitrogens with zero attached hydrogens (tertiary/aromatic N) is 4. The van der Waals surface area contributed by atoms with Crippen LogP contribution in [0.5, 0.6) is 0 Å². The topological polar surface area (TPSA) is 78.4 Å². The molecule has 1 fully saturated rings. The molecule has 2 amide bonds. The summed E-state index contributed by atoms with van der Waals surface area (Å²) in [4.78, 5) is 29.8. The molecule has 24 heavy (non-hydrogen) atoms. The van der Waals surface area contributed by atoms with Crippen LogP contribution in [0.4, 0.5) is 0 Å². The van der Waals surface area contributed by atoms with E-state index >= 15 is 0 Å². The minimum atomic E-state index is -0.117. The van der Waals surface area contributed by atoms with Crippen LogP contribution in [0.1, 0.15) is 25.0 Å². The third-order valence-electron chi connectivity index (χ3n) is 3.96. The highest BCUT2D eigenvalue weighted by Crippen LogP contribution is 2.13. The van der Waals surface area contributed by atoms with Crippen LogP contribution in [0.2, 0.25) is 0 Å². The molecule has 1 saturated heterocycles. The van der Waals surface area contributed by atoms with E-state index in [1.54, 1.807) is 6.92 Å². The van der Waals surface area contributed by atoms with E-state index in [2.05, 4.69) is 19.8 Å². The molecule has 0 saturated carbocycles. The van der Waals surface area contributed by atoms with E-state index in [4.69, 9.17) is 0 Å². The first-order valence-electron chi connectivity index (χ1n) is 7.77. The fourth-order valence-corrected chi connectivity index (χ4v) is 3.84.